The summed E-state index contributed by atoms with van der Waals surface area (Å²) in [6, 6.07) is 16.8. The van der Waals surface area contributed by atoms with Gasteiger partial charge in [-0.2, -0.15) is 0 Å². The smallest absolute Gasteiger partial charge is 0.291 e. The number of carbonyl (C=O) groups is 3. The van der Waals surface area contributed by atoms with Gasteiger partial charge in [-0.15, -0.1) is 0 Å². The number of rotatable bonds is 6. The van der Waals surface area contributed by atoms with Crippen LogP contribution in [0.1, 0.15) is 46.4 Å². The average Bonchev–Trinajstić information content (AvgIpc) is 3.23. The monoisotopic (exact) mass is 391 g/mol. The molecule has 1 aromatic heterocycles. The zero-order valence-electron chi connectivity index (χ0n) is 16.1. The van der Waals surface area contributed by atoms with Gasteiger partial charge in [-0.25, -0.2) is 0 Å². The summed E-state index contributed by atoms with van der Waals surface area (Å²) in [6.45, 7) is 3.31. The highest BCUT2D eigenvalue weighted by molar-refractivity contribution is 6.02. The minimum Gasteiger partial charge on any atom is -0.459 e. The fourth-order valence-corrected chi connectivity index (χ4v) is 2.76. The molecule has 0 aliphatic rings. The van der Waals surface area contributed by atoms with Gasteiger partial charge in [0.1, 0.15) is 0 Å². The van der Waals surface area contributed by atoms with Crippen molar-refractivity contribution >= 4 is 29.1 Å². The van der Waals surface area contributed by atoms with E-state index in [1.165, 1.54) is 13.2 Å². The number of benzene rings is 2. The highest BCUT2D eigenvalue weighted by Crippen LogP contribution is 2.18. The van der Waals surface area contributed by atoms with E-state index in [1.54, 1.807) is 42.5 Å². The van der Waals surface area contributed by atoms with Crippen LogP contribution in [0.25, 0.3) is 0 Å². The molecule has 148 valence electrons. The molecule has 0 fully saturated rings. The minimum absolute atomic E-state index is 0.155. The highest BCUT2D eigenvalue weighted by atomic mass is 16.3. The van der Waals surface area contributed by atoms with Crippen molar-refractivity contribution in [2.45, 2.75) is 19.9 Å². The average molecular weight is 391 g/mol. The van der Waals surface area contributed by atoms with Gasteiger partial charge < -0.3 is 20.4 Å². The Kier molecular flexibility index (Phi) is 6.09. The molecular formula is C22H21N3O4. The summed E-state index contributed by atoms with van der Waals surface area (Å²) >= 11 is 0. The fraction of sp³-hybridized carbons (Fsp3) is 0.136. The van der Waals surface area contributed by atoms with E-state index in [0.29, 0.717) is 16.9 Å². The molecule has 0 aliphatic heterocycles. The lowest BCUT2D eigenvalue weighted by Crippen LogP contribution is -2.26. The number of hydrogen-bond acceptors (Lipinski definition) is 4. The highest BCUT2D eigenvalue weighted by Gasteiger charge is 2.13. The lowest BCUT2D eigenvalue weighted by Gasteiger charge is -2.16. The number of hydrogen-bond donors (Lipinski definition) is 3. The van der Waals surface area contributed by atoms with Crippen LogP contribution >= 0.6 is 0 Å². The van der Waals surface area contributed by atoms with Crippen LogP contribution in [0.15, 0.2) is 71.3 Å². The molecule has 1 heterocycles. The second kappa shape index (κ2) is 8.88. The summed E-state index contributed by atoms with van der Waals surface area (Å²) in [6.07, 6.45) is 1.43. The molecule has 0 saturated carbocycles. The number of furan rings is 1. The summed E-state index contributed by atoms with van der Waals surface area (Å²) in [5.41, 5.74) is 2.56. The number of nitrogens with one attached hydrogen (secondary N) is 3. The summed E-state index contributed by atoms with van der Waals surface area (Å²) < 4.78 is 5.05. The van der Waals surface area contributed by atoms with Crippen LogP contribution in [-0.4, -0.2) is 17.7 Å². The molecule has 2 aromatic carbocycles. The van der Waals surface area contributed by atoms with E-state index in [4.69, 9.17) is 4.42 Å². The van der Waals surface area contributed by atoms with Gasteiger partial charge in [0.15, 0.2) is 5.76 Å². The van der Waals surface area contributed by atoms with Crippen LogP contribution in [-0.2, 0) is 4.79 Å². The normalized spacial score (nSPS) is 11.4. The van der Waals surface area contributed by atoms with Gasteiger partial charge in [0.05, 0.1) is 12.3 Å². The summed E-state index contributed by atoms with van der Waals surface area (Å²) in [4.78, 5) is 35.7. The van der Waals surface area contributed by atoms with Crippen molar-refractivity contribution in [3.8, 4) is 0 Å². The lowest BCUT2D eigenvalue weighted by molar-refractivity contribution is -0.114. The van der Waals surface area contributed by atoms with Crippen LogP contribution < -0.4 is 16.0 Å². The first kappa shape index (κ1) is 19.9. The quantitative estimate of drug-likeness (QED) is 0.592. The molecule has 3 rings (SSSR count). The third kappa shape index (κ3) is 5.32. The molecule has 1 atom stereocenters. The summed E-state index contributed by atoms with van der Waals surface area (Å²) in [5, 5.41) is 8.35. The Morgan fingerprint density at radius 2 is 1.62 bits per heavy atom. The first-order chi connectivity index (χ1) is 13.9. The van der Waals surface area contributed by atoms with Gasteiger partial charge in [0, 0.05) is 23.9 Å². The third-order valence-corrected chi connectivity index (χ3v) is 4.20. The predicted molar refractivity (Wildman–Crippen MR) is 110 cm³/mol. The molecule has 7 heteroatoms. The molecule has 7 nitrogen and oxygen atoms in total. The van der Waals surface area contributed by atoms with Gasteiger partial charge in [-0.05, 0) is 61.0 Å². The van der Waals surface area contributed by atoms with Crippen molar-refractivity contribution in [2.75, 3.05) is 10.6 Å². The van der Waals surface area contributed by atoms with E-state index in [2.05, 4.69) is 16.0 Å². The van der Waals surface area contributed by atoms with Gasteiger partial charge >= 0.3 is 0 Å². The van der Waals surface area contributed by atoms with Crippen molar-refractivity contribution in [1.82, 2.24) is 5.32 Å². The minimum atomic E-state index is -0.361. The number of carbonyl (C=O) groups excluding carboxylic acids is 3. The molecule has 1 unspecified atom stereocenters. The zero-order valence-corrected chi connectivity index (χ0v) is 16.1. The molecular weight excluding hydrogens is 370 g/mol. The van der Waals surface area contributed by atoms with E-state index in [0.717, 1.165) is 5.56 Å². The van der Waals surface area contributed by atoms with Gasteiger partial charge in [-0.1, -0.05) is 12.1 Å². The van der Waals surface area contributed by atoms with Crippen LogP contribution in [0.3, 0.4) is 0 Å². The number of anilines is 2. The maximum atomic E-state index is 12.5. The van der Waals surface area contributed by atoms with Crippen molar-refractivity contribution < 1.29 is 18.8 Å². The topological polar surface area (TPSA) is 100 Å². The third-order valence-electron chi connectivity index (χ3n) is 4.20. The summed E-state index contributed by atoms with van der Waals surface area (Å²) in [7, 11) is 0. The SMILES string of the molecule is CC(=O)Nc1cccc(C(C)NC(=O)c2ccc(NC(=O)c3ccco3)cc2)c1. The Morgan fingerprint density at radius 3 is 2.28 bits per heavy atom. The Balaban J connectivity index is 1.61. The van der Waals surface area contributed by atoms with Gasteiger partial charge in [-0.3, -0.25) is 14.4 Å². The van der Waals surface area contributed by atoms with E-state index in [1.807, 2.05) is 25.1 Å². The van der Waals surface area contributed by atoms with Crippen LogP contribution in [0.4, 0.5) is 11.4 Å². The van der Waals surface area contributed by atoms with E-state index >= 15 is 0 Å². The molecule has 0 radical (unpaired) electrons. The molecule has 3 amide bonds. The standard InChI is InChI=1S/C22H21N3O4/c1-14(17-5-3-6-19(13-17)24-15(2)26)23-21(27)16-8-10-18(11-9-16)25-22(28)20-7-4-12-29-20/h3-14H,1-2H3,(H,23,27)(H,24,26)(H,25,28). The molecule has 3 N–H and O–H groups in total. The van der Waals surface area contributed by atoms with Gasteiger partial charge in [0.2, 0.25) is 5.91 Å². The Hall–Kier alpha value is -3.87. The van der Waals surface area contributed by atoms with E-state index in [-0.39, 0.29) is 29.5 Å². The van der Waals surface area contributed by atoms with Crippen LogP contribution in [0, 0.1) is 0 Å². The maximum Gasteiger partial charge on any atom is 0.291 e. The molecule has 3 aromatic rings. The largest absolute Gasteiger partial charge is 0.459 e. The zero-order chi connectivity index (χ0) is 20.8. The molecule has 29 heavy (non-hydrogen) atoms. The van der Waals surface area contributed by atoms with Crippen molar-refractivity contribution in [3.05, 3.63) is 83.8 Å². The maximum absolute atomic E-state index is 12.5. The van der Waals surface area contributed by atoms with Crippen molar-refractivity contribution in [1.29, 1.82) is 0 Å². The van der Waals surface area contributed by atoms with Crippen LogP contribution in [0.2, 0.25) is 0 Å². The first-order valence-corrected chi connectivity index (χ1v) is 9.05. The molecule has 0 aliphatic carbocycles. The second-order valence-corrected chi connectivity index (χ2v) is 6.51. The Labute approximate surface area is 168 Å². The van der Waals surface area contributed by atoms with E-state index < -0.39 is 0 Å². The van der Waals surface area contributed by atoms with Crippen LogP contribution in [0.5, 0.6) is 0 Å². The first-order valence-electron chi connectivity index (χ1n) is 9.05. The van der Waals surface area contributed by atoms with E-state index in [9.17, 15) is 14.4 Å². The predicted octanol–water partition coefficient (Wildman–Crippen LogP) is 3.98. The van der Waals surface area contributed by atoms with Gasteiger partial charge in [0.25, 0.3) is 11.8 Å². The Morgan fingerprint density at radius 1 is 0.862 bits per heavy atom. The second-order valence-electron chi connectivity index (χ2n) is 6.51. The molecule has 0 bridgehead atoms. The molecule has 0 saturated heterocycles. The number of amides is 3. The van der Waals surface area contributed by atoms with Crippen molar-refractivity contribution in [2.24, 2.45) is 0 Å². The Bertz CT molecular complexity index is 1010. The lowest BCUT2D eigenvalue weighted by atomic mass is 10.1. The molecule has 0 spiro atoms. The van der Waals surface area contributed by atoms with Crippen molar-refractivity contribution in [3.63, 3.8) is 0 Å². The fourth-order valence-electron chi connectivity index (χ4n) is 2.76. The summed E-state index contributed by atoms with van der Waals surface area (Å²) in [5.74, 6) is -0.550.